The van der Waals surface area contributed by atoms with E-state index in [-0.39, 0.29) is 10.6 Å². The van der Waals surface area contributed by atoms with Crippen molar-refractivity contribution in [1.82, 2.24) is 14.1 Å². The molecule has 0 atom stereocenters. The molecule has 0 N–H and O–H groups in total. The van der Waals surface area contributed by atoms with Gasteiger partial charge in [-0.1, -0.05) is 12.1 Å². The number of morpholine rings is 1. The molecule has 2 aromatic rings. The number of non-ortho nitro benzene ring substituents is 1. The molecule has 1 aromatic carbocycles. The van der Waals surface area contributed by atoms with Crippen LogP contribution in [-0.4, -0.2) is 53.7 Å². The molecule has 0 saturated carbocycles. The fourth-order valence-corrected chi connectivity index (χ4v) is 4.80. The zero-order chi connectivity index (χ0) is 18.9. The molecule has 140 valence electrons. The van der Waals surface area contributed by atoms with E-state index >= 15 is 0 Å². The maximum absolute atomic E-state index is 13.0. The van der Waals surface area contributed by atoms with Crippen LogP contribution in [0.3, 0.4) is 0 Å². The van der Waals surface area contributed by atoms with Crippen molar-refractivity contribution in [3.8, 4) is 0 Å². The van der Waals surface area contributed by atoms with Crippen LogP contribution in [0.4, 0.5) is 5.69 Å². The predicted molar refractivity (Wildman–Crippen MR) is 93.5 cm³/mol. The highest BCUT2D eigenvalue weighted by Gasteiger charge is 2.32. The molecule has 9 nitrogen and oxygen atoms in total. The number of rotatable bonds is 5. The Hall–Kier alpha value is -2.30. The number of hydrogen-bond donors (Lipinski definition) is 0. The van der Waals surface area contributed by atoms with E-state index in [9.17, 15) is 18.5 Å². The Labute approximate surface area is 151 Å². The molecule has 0 spiro atoms. The maximum Gasteiger partial charge on any atom is 0.269 e. The van der Waals surface area contributed by atoms with Gasteiger partial charge < -0.3 is 4.74 Å². The molecule has 0 amide bonds. The van der Waals surface area contributed by atoms with E-state index in [1.807, 2.05) is 0 Å². The third kappa shape index (κ3) is 3.48. The van der Waals surface area contributed by atoms with E-state index < -0.39 is 14.9 Å². The quantitative estimate of drug-likeness (QED) is 0.574. The number of aromatic nitrogens is 2. The van der Waals surface area contributed by atoms with Crippen LogP contribution in [0.1, 0.15) is 17.0 Å². The lowest BCUT2D eigenvalue weighted by molar-refractivity contribution is -0.384. The number of nitro benzene ring substituents is 1. The largest absolute Gasteiger partial charge is 0.379 e. The van der Waals surface area contributed by atoms with Crippen LogP contribution in [0.2, 0.25) is 0 Å². The van der Waals surface area contributed by atoms with Crippen molar-refractivity contribution in [2.24, 2.45) is 0 Å². The van der Waals surface area contributed by atoms with E-state index in [1.54, 1.807) is 30.7 Å². The molecule has 1 saturated heterocycles. The van der Waals surface area contributed by atoms with Crippen LogP contribution in [0.25, 0.3) is 0 Å². The SMILES string of the molecule is Cc1nn(Cc2ccc([N+](=O)[O-])cc2)c(C)c1S(=O)(=O)N1CCOCC1. The van der Waals surface area contributed by atoms with Gasteiger partial charge in [-0.3, -0.25) is 14.8 Å². The third-order valence-electron chi connectivity index (χ3n) is 4.36. The van der Waals surface area contributed by atoms with Gasteiger partial charge in [0.15, 0.2) is 0 Å². The van der Waals surface area contributed by atoms with Crippen LogP contribution in [0.15, 0.2) is 29.2 Å². The number of nitrogens with zero attached hydrogens (tertiary/aromatic N) is 4. The second kappa shape index (κ2) is 7.14. The number of nitro groups is 1. The first-order chi connectivity index (χ1) is 12.3. The molecule has 0 bridgehead atoms. The molecule has 1 aliphatic heterocycles. The van der Waals surface area contributed by atoms with Gasteiger partial charge in [0.2, 0.25) is 10.0 Å². The molecular formula is C16H20N4O5S. The van der Waals surface area contributed by atoms with Gasteiger partial charge >= 0.3 is 0 Å². The van der Waals surface area contributed by atoms with E-state index in [2.05, 4.69) is 5.10 Å². The van der Waals surface area contributed by atoms with Gasteiger partial charge in [0, 0.05) is 25.2 Å². The first-order valence-corrected chi connectivity index (χ1v) is 9.60. The molecule has 2 heterocycles. The second-order valence-electron chi connectivity index (χ2n) is 6.10. The van der Waals surface area contributed by atoms with Crippen LogP contribution in [0, 0.1) is 24.0 Å². The van der Waals surface area contributed by atoms with Crippen molar-refractivity contribution in [3.63, 3.8) is 0 Å². The summed E-state index contributed by atoms with van der Waals surface area (Å²) in [5.74, 6) is 0. The highest BCUT2D eigenvalue weighted by atomic mass is 32.2. The van der Waals surface area contributed by atoms with Crippen molar-refractivity contribution in [1.29, 1.82) is 0 Å². The average molecular weight is 380 g/mol. The predicted octanol–water partition coefficient (Wildman–Crippen LogP) is 1.48. The zero-order valence-electron chi connectivity index (χ0n) is 14.6. The Morgan fingerprint density at radius 1 is 1.19 bits per heavy atom. The summed E-state index contributed by atoms with van der Waals surface area (Å²) in [5, 5.41) is 15.1. The molecule has 1 fully saturated rings. The van der Waals surface area contributed by atoms with Gasteiger partial charge in [-0.25, -0.2) is 8.42 Å². The number of ether oxygens (including phenoxy) is 1. The van der Waals surface area contributed by atoms with Gasteiger partial charge in [0.25, 0.3) is 5.69 Å². The summed E-state index contributed by atoms with van der Waals surface area (Å²) in [6.45, 7) is 5.15. The summed E-state index contributed by atoms with van der Waals surface area (Å²) in [6, 6.07) is 6.13. The minimum Gasteiger partial charge on any atom is -0.379 e. The Bertz CT molecular complexity index is 915. The minimum absolute atomic E-state index is 0.0118. The summed E-state index contributed by atoms with van der Waals surface area (Å²) in [5.41, 5.74) is 1.80. The summed E-state index contributed by atoms with van der Waals surface area (Å²) in [7, 11) is -3.63. The first kappa shape index (κ1) is 18.5. The molecule has 1 aliphatic rings. The highest BCUT2D eigenvalue weighted by molar-refractivity contribution is 7.89. The summed E-state index contributed by atoms with van der Waals surface area (Å²) in [6.07, 6.45) is 0. The van der Waals surface area contributed by atoms with Gasteiger partial charge in [-0.2, -0.15) is 9.40 Å². The van der Waals surface area contributed by atoms with Crippen molar-refractivity contribution < 1.29 is 18.1 Å². The lowest BCUT2D eigenvalue weighted by Crippen LogP contribution is -2.41. The number of hydrogen-bond acceptors (Lipinski definition) is 6. The van der Waals surface area contributed by atoms with E-state index in [4.69, 9.17) is 4.74 Å². The minimum atomic E-state index is -3.63. The monoisotopic (exact) mass is 380 g/mol. The lowest BCUT2D eigenvalue weighted by atomic mass is 10.2. The summed E-state index contributed by atoms with van der Waals surface area (Å²) in [4.78, 5) is 10.5. The van der Waals surface area contributed by atoms with Crippen molar-refractivity contribution >= 4 is 15.7 Å². The molecule has 1 aromatic heterocycles. The average Bonchev–Trinajstić information content (AvgIpc) is 2.90. The molecular weight excluding hydrogens is 360 g/mol. The Balaban J connectivity index is 1.89. The molecule has 0 unspecified atom stereocenters. The number of sulfonamides is 1. The Kier molecular flexibility index (Phi) is 5.08. The highest BCUT2D eigenvalue weighted by Crippen LogP contribution is 2.25. The van der Waals surface area contributed by atoms with Crippen molar-refractivity contribution in [2.45, 2.75) is 25.3 Å². The second-order valence-corrected chi connectivity index (χ2v) is 7.97. The normalized spacial score (nSPS) is 15.9. The van der Waals surface area contributed by atoms with Gasteiger partial charge in [-0.15, -0.1) is 0 Å². The number of aryl methyl sites for hydroxylation is 1. The Morgan fingerprint density at radius 2 is 1.81 bits per heavy atom. The zero-order valence-corrected chi connectivity index (χ0v) is 15.4. The fourth-order valence-electron chi connectivity index (χ4n) is 3.02. The summed E-state index contributed by atoms with van der Waals surface area (Å²) < 4.78 is 34.2. The number of benzene rings is 1. The molecule has 10 heteroatoms. The van der Waals surface area contributed by atoms with Crippen LogP contribution >= 0.6 is 0 Å². The van der Waals surface area contributed by atoms with Crippen molar-refractivity contribution in [3.05, 3.63) is 51.3 Å². The van der Waals surface area contributed by atoms with Crippen LogP contribution in [0.5, 0.6) is 0 Å². The smallest absolute Gasteiger partial charge is 0.269 e. The lowest BCUT2D eigenvalue weighted by Gasteiger charge is -2.26. The van der Waals surface area contributed by atoms with Gasteiger partial charge in [-0.05, 0) is 19.4 Å². The molecule has 0 radical (unpaired) electrons. The third-order valence-corrected chi connectivity index (χ3v) is 6.51. The van der Waals surface area contributed by atoms with E-state index in [0.717, 1.165) is 5.56 Å². The van der Waals surface area contributed by atoms with Gasteiger partial charge in [0.1, 0.15) is 4.90 Å². The van der Waals surface area contributed by atoms with E-state index in [1.165, 1.54) is 16.4 Å². The first-order valence-electron chi connectivity index (χ1n) is 8.16. The standard InChI is InChI=1S/C16H20N4O5S/c1-12-16(26(23,24)18-7-9-25-10-8-18)13(2)19(17-12)11-14-3-5-15(6-4-14)20(21)22/h3-6H,7-11H2,1-2H3. The van der Waals surface area contributed by atoms with E-state index in [0.29, 0.717) is 44.2 Å². The van der Waals surface area contributed by atoms with Crippen molar-refractivity contribution in [2.75, 3.05) is 26.3 Å². The van der Waals surface area contributed by atoms with Crippen LogP contribution < -0.4 is 0 Å². The summed E-state index contributed by atoms with van der Waals surface area (Å²) >= 11 is 0. The maximum atomic E-state index is 13.0. The Morgan fingerprint density at radius 3 is 2.38 bits per heavy atom. The van der Waals surface area contributed by atoms with Gasteiger partial charge in [0.05, 0.1) is 36.1 Å². The van der Waals surface area contributed by atoms with Crippen LogP contribution in [-0.2, 0) is 21.3 Å². The molecule has 26 heavy (non-hydrogen) atoms. The molecule has 3 rings (SSSR count). The fraction of sp³-hybridized carbons (Fsp3) is 0.438. The topological polar surface area (TPSA) is 108 Å². The molecule has 0 aliphatic carbocycles.